The van der Waals surface area contributed by atoms with Crippen molar-refractivity contribution in [3.63, 3.8) is 0 Å². The maximum Gasteiger partial charge on any atom is 0.302 e. The van der Waals surface area contributed by atoms with Crippen molar-refractivity contribution in [2.24, 2.45) is 34.0 Å². The number of alkyl halides is 1. The van der Waals surface area contributed by atoms with Gasteiger partial charge >= 0.3 is 17.9 Å². The van der Waals surface area contributed by atoms with Gasteiger partial charge < -0.3 is 19.3 Å². The molecule has 9 unspecified atom stereocenters. The van der Waals surface area contributed by atoms with Gasteiger partial charge in [0.2, 0.25) is 0 Å². The number of hydrogen-bond donors (Lipinski definition) is 1. The Morgan fingerprint density at radius 2 is 1.71 bits per heavy atom. The zero-order valence-electron chi connectivity index (χ0n) is 20.8. The molecule has 9 atom stereocenters. The number of hydrogen-bond acceptors (Lipinski definition) is 7. The van der Waals surface area contributed by atoms with Gasteiger partial charge in [0.05, 0.1) is 4.83 Å². The smallest absolute Gasteiger partial charge is 0.302 e. The van der Waals surface area contributed by atoms with Crippen LogP contribution in [0.4, 0.5) is 0 Å². The highest BCUT2D eigenvalue weighted by Gasteiger charge is 2.72. The minimum Gasteiger partial charge on any atom is -0.465 e. The second-order valence-corrected chi connectivity index (χ2v) is 12.6. The van der Waals surface area contributed by atoms with E-state index in [0.29, 0.717) is 6.42 Å². The van der Waals surface area contributed by atoms with Gasteiger partial charge in [0.25, 0.3) is 0 Å². The highest BCUT2D eigenvalue weighted by atomic mass is 79.9. The summed E-state index contributed by atoms with van der Waals surface area (Å²) in [5.74, 6) is -0.565. The molecule has 4 rings (SSSR count). The van der Waals surface area contributed by atoms with Gasteiger partial charge in [0.1, 0.15) is 18.8 Å². The third-order valence-electron chi connectivity index (χ3n) is 9.28. The lowest BCUT2D eigenvalue weighted by atomic mass is 9.48. The summed E-state index contributed by atoms with van der Waals surface area (Å²) < 4.78 is 17.0. The summed E-state index contributed by atoms with van der Waals surface area (Å²) in [5, 5.41) is 10.5. The summed E-state index contributed by atoms with van der Waals surface area (Å²) in [6, 6.07) is 0. The standard InChI is InChI=1S/C26H37BrO7/c1-14(29)32-12-23(27)24(4)7-6-18-17(9-24)20(33-15(2)30)8-22-25(18,5)11-21(34-16(3)31)19-10-26(19,22)13-28/h6,17,19-23,28H,7-13H2,1-5H3. The van der Waals surface area contributed by atoms with E-state index in [0.717, 1.165) is 25.7 Å². The molecular weight excluding hydrogens is 504 g/mol. The number of fused-ring (bicyclic) bond motifs is 5. The first-order valence-electron chi connectivity index (χ1n) is 12.3. The summed E-state index contributed by atoms with van der Waals surface area (Å²) in [4.78, 5) is 35.3. The number of rotatable bonds is 6. The van der Waals surface area contributed by atoms with E-state index >= 15 is 0 Å². The van der Waals surface area contributed by atoms with E-state index in [-0.39, 0.29) is 82.2 Å². The van der Waals surface area contributed by atoms with E-state index in [2.05, 4.69) is 35.9 Å². The number of ether oxygens (including phenoxy) is 3. The molecule has 4 aliphatic rings. The normalized spacial score (nSPS) is 43.3. The van der Waals surface area contributed by atoms with E-state index in [9.17, 15) is 19.5 Å². The SMILES string of the molecule is CC(=O)OCC(Br)C1(C)CC=C2C(C1)C(OC(C)=O)CC1C2(C)CC(OC(C)=O)C2CC21CO. The quantitative estimate of drug-likeness (QED) is 0.235. The molecule has 4 aliphatic carbocycles. The molecule has 7 nitrogen and oxygen atoms in total. The van der Waals surface area contributed by atoms with Gasteiger partial charge in [-0.3, -0.25) is 14.4 Å². The zero-order chi connectivity index (χ0) is 25.1. The number of esters is 3. The van der Waals surface area contributed by atoms with Crippen LogP contribution in [0.15, 0.2) is 11.6 Å². The number of halogens is 1. The molecule has 0 radical (unpaired) electrons. The molecular formula is C26H37BrO7. The molecule has 8 heteroatoms. The molecule has 0 aliphatic heterocycles. The lowest BCUT2D eigenvalue weighted by Gasteiger charge is -2.59. The Kier molecular flexibility index (Phi) is 6.73. The Balaban J connectivity index is 1.70. The number of allylic oxidation sites excluding steroid dienone is 1. The summed E-state index contributed by atoms with van der Waals surface area (Å²) in [6.07, 6.45) is 5.62. The van der Waals surface area contributed by atoms with Crippen molar-refractivity contribution in [3.05, 3.63) is 11.6 Å². The van der Waals surface area contributed by atoms with Crippen molar-refractivity contribution >= 4 is 33.8 Å². The van der Waals surface area contributed by atoms with Crippen molar-refractivity contribution < 1.29 is 33.7 Å². The second-order valence-electron chi connectivity index (χ2n) is 11.5. The van der Waals surface area contributed by atoms with Crippen LogP contribution in [0.3, 0.4) is 0 Å². The lowest BCUT2D eigenvalue weighted by molar-refractivity contribution is -0.167. The average Bonchev–Trinajstić information content (AvgIpc) is 3.49. The van der Waals surface area contributed by atoms with Crippen LogP contribution >= 0.6 is 15.9 Å². The molecule has 0 bridgehead atoms. The van der Waals surface area contributed by atoms with Crippen LogP contribution in [0.5, 0.6) is 0 Å². The predicted octanol–water partition coefficient (Wildman–Crippen LogP) is 3.95. The van der Waals surface area contributed by atoms with Crippen LogP contribution in [0.25, 0.3) is 0 Å². The van der Waals surface area contributed by atoms with Gasteiger partial charge in [0.15, 0.2) is 0 Å². The molecule has 0 aromatic carbocycles. The third-order valence-corrected chi connectivity index (χ3v) is 10.7. The fourth-order valence-electron chi connectivity index (χ4n) is 7.60. The van der Waals surface area contributed by atoms with Crippen molar-refractivity contribution in [1.82, 2.24) is 0 Å². The molecule has 0 spiro atoms. The first-order chi connectivity index (χ1) is 15.9. The van der Waals surface area contributed by atoms with Gasteiger partial charge in [-0.15, -0.1) is 0 Å². The van der Waals surface area contributed by atoms with Gasteiger partial charge in [-0.2, -0.15) is 0 Å². The van der Waals surface area contributed by atoms with Gasteiger partial charge in [-0.1, -0.05) is 41.4 Å². The lowest BCUT2D eigenvalue weighted by Crippen LogP contribution is -2.56. The highest BCUT2D eigenvalue weighted by Crippen LogP contribution is 2.74. The topological polar surface area (TPSA) is 99.1 Å². The predicted molar refractivity (Wildman–Crippen MR) is 128 cm³/mol. The molecule has 0 aromatic heterocycles. The Morgan fingerprint density at radius 3 is 2.29 bits per heavy atom. The first kappa shape index (κ1) is 25.7. The van der Waals surface area contributed by atoms with E-state index < -0.39 is 0 Å². The maximum atomic E-state index is 12.1. The van der Waals surface area contributed by atoms with Crippen molar-refractivity contribution in [1.29, 1.82) is 0 Å². The fourth-order valence-corrected chi connectivity index (χ4v) is 8.10. The Morgan fingerprint density at radius 1 is 1.06 bits per heavy atom. The van der Waals surface area contributed by atoms with E-state index in [1.54, 1.807) is 0 Å². The van der Waals surface area contributed by atoms with Gasteiger partial charge in [0, 0.05) is 44.6 Å². The minimum absolute atomic E-state index is 0.0188. The monoisotopic (exact) mass is 540 g/mol. The molecule has 0 heterocycles. The average molecular weight is 541 g/mol. The van der Waals surface area contributed by atoms with Crippen molar-refractivity contribution in [2.45, 2.75) is 83.8 Å². The van der Waals surface area contributed by atoms with Crippen LogP contribution in [0.1, 0.15) is 66.7 Å². The molecule has 34 heavy (non-hydrogen) atoms. The molecule has 0 saturated heterocycles. The number of aliphatic hydroxyl groups is 1. The zero-order valence-corrected chi connectivity index (χ0v) is 22.4. The fraction of sp³-hybridized carbons (Fsp3) is 0.808. The molecule has 3 saturated carbocycles. The first-order valence-corrected chi connectivity index (χ1v) is 13.2. The highest BCUT2D eigenvalue weighted by molar-refractivity contribution is 9.09. The molecule has 190 valence electrons. The van der Waals surface area contributed by atoms with Crippen LogP contribution in [-0.2, 0) is 28.6 Å². The van der Waals surface area contributed by atoms with Crippen molar-refractivity contribution in [3.8, 4) is 0 Å². The van der Waals surface area contributed by atoms with Gasteiger partial charge in [-0.05, 0) is 48.9 Å². The van der Waals surface area contributed by atoms with Crippen LogP contribution < -0.4 is 0 Å². The Hall–Kier alpha value is -1.41. The van der Waals surface area contributed by atoms with Crippen LogP contribution in [0.2, 0.25) is 0 Å². The third kappa shape index (κ3) is 4.23. The summed E-state index contributed by atoms with van der Waals surface area (Å²) in [5.41, 5.74) is 0.517. The summed E-state index contributed by atoms with van der Waals surface area (Å²) in [7, 11) is 0. The summed E-state index contributed by atoms with van der Waals surface area (Å²) >= 11 is 3.76. The van der Waals surface area contributed by atoms with E-state index in [1.165, 1.54) is 26.3 Å². The maximum absolute atomic E-state index is 12.1. The van der Waals surface area contributed by atoms with Gasteiger partial charge in [-0.25, -0.2) is 0 Å². The van der Waals surface area contributed by atoms with Crippen molar-refractivity contribution in [2.75, 3.05) is 13.2 Å². The molecule has 0 aromatic rings. The minimum atomic E-state index is -0.307. The molecule has 0 amide bonds. The largest absolute Gasteiger partial charge is 0.465 e. The molecule has 1 N–H and O–H groups in total. The number of carbonyl (C=O) groups excluding carboxylic acids is 3. The molecule has 3 fully saturated rings. The number of carbonyl (C=O) groups is 3. The summed E-state index contributed by atoms with van der Waals surface area (Å²) in [6.45, 7) is 9.06. The second kappa shape index (κ2) is 8.91. The van der Waals surface area contributed by atoms with Crippen LogP contribution in [-0.4, -0.2) is 53.3 Å². The van der Waals surface area contributed by atoms with E-state index in [1.807, 2.05) is 0 Å². The van der Waals surface area contributed by atoms with Crippen LogP contribution in [0, 0.1) is 34.0 Å². The number of aliphatic hydroxyl groups excluding tert-OH is 1. The Bertz CT molecular complexity index is 902. The van der Waals surface area contributed by atoms with E-state index in [4.69, 9.17) is 14.2 Å². The Labute approximate surface area is 210 Å².